The lowest BCUT2D eigenvalue weighted by atomic mass is 10.2. The average molecular weight is 339 g/mol. The van der Waals surface area contributed by atoms with Gasteiger partial charge in [0.15, 0.2) is 6.61 Å². The number of pyridine rings is 1. The van der Waals surface area contributed by atoms with Crippen molar-refractivity contribution >= 4 is 15.9 Å². The molecule has 1 aliphatic heterocycles. The molecule has 0 spiro atoms. The summed E-state index contributed by atoms with van der Waals surface area (Å²) < 4.78 is 32.6. The number of carbonyl (C=O) groups is 1. The largest absolute Gasteiger partial charge is 0.482 e. The molecule has 1 aromatic rings. The third-order valence-corrected chi connectivity index (χ3v) is 6.16. The Morgan fingerprint density at radius 3 is 2.74 bits per heavy atom. The fourth-order valence-corrected chi connectivity index (χ4v) is 4.52. The maximum atomic E-state index is 12.2. The minimum Gasteiger partial charge on any atom is -0.482 e. The molecule has 0 bridgehead atoms. The molecule has 2 fully saturated rings. The number of likely N-dealkylation sites (tertiary alicyclic amines) is 1. The quantitative estimate of drug-likeness (QED) is 0.817. The molecule has 2 aliphatic rings. The van der Waals surface area contributed by atoms with Crippen LogP contribution in [0.4, 0.5) is 0 Å². The number of hydrogen-bond donors (Lipinski definition) is 1. The molecule has 126 valence electrons. The van der Waals surface area contributed by atoms with Gasteiger partial charge < -0.3 is 9.64 Å². The molecule has 3 rings (SSSR count). The summed E-state index contributed by atoms with van der Waals surface area (Å²) in [6, 6.07) is 3.51. The zero-order valence-electron chi connectivity index (χ0n) is 12.8. The minimum absolute atomic E-state index is 0.0682. The number of aromatic nitrogens is 1. The fourth-order valence-electron chi connectivity index (χ4n) is 2.88. The van der Waals surface area contributed by atoms with Gasteiger partial charge in [0.25, 0.3) is 5.91 Å². The molecular formula is C15H21N3O4S. The number of nitrogens with zero attached hydrogens (tertiary/aromatic N) is 2. The fraction of sp³-hybridized carbons (Fsp3) is 0.600. The number of sulfonamides is 1. The van der Waals surface area contributed by atoms with E-state index in [-0.39, 0.29) is 31.6 Å². The summed E-state index contributed by atoms with van der Waals surface area (Å²) in [7, 11) is -3.34. The van der Waals surface area contributed by atoms with Gasteiger partial charge in [0.05, 0.1) is 6.20 Å². The SMILES string of the molecule is O=C(COc1cccnc1)N1CC(S(=O)(=O)NC2CCCC2)C1. The molecular weight excluding hydrogens is 318 g/mol. The minimum atomic E-state index is -3.34. The zero-order chi connectivity index (χ0) is 16.3. The third kappa shape index (κ3) is 4.00. The molecule has 1 N–H and O–H groups in total. The van der Waals surface area contributed by atoms with E-state index in [0.29, 0.717) is 5.75 Å². The number of carbonyl (C=O) groups excluding carboxylic acids is 1. The highest BCUT2D eigenvalue weighted by molar-refractivity contribution is 7.90. The molecule has 1 saturated heterocycles. The average Bonchev–Trinajstić information content (AvgIpc) is 2.96. The van der Waals surface area contributed by atoms with E-state index in [1.165, 1.54) is 11.1 Å². The van der Waals surface area contributed by atoms with E-state index in [9.17, 15) is 13.2 Å². The number of rotatable bonds is 6. The zero-order valence-corrected chi connectivity index (χ0v) is 13.7. The topological polar surface area (TPSA) is 88.6 Å². The number of amides is 1. The summed E-state index contributed by atoms with van der Waals surface area (Å²) in [6.45, 7) is 0.364. The molecule has 23 heavy (non-hydrogen) atoms. The Labute approximate surface area is 136 Å². The summed E-state index contributed by atoms with van der Waals surface area (Å²) in [5.74, 6) is 0.314. The molecule has 0 unspecified atom stereocenters. The van der Waals surface area contributed by atoms with Gasteiger partial charge in [-0.05, 0) is 25.0 Å². The summed E-state index contributed by atoms with van der Waals surface area (Å²) in [5, 5.41) is -0.509. The monoisotopic (exact) mass is 339 g/mol. The molecule has 1 aromatic heterocycles. The van der Waals surface area contributed by atoms with E-state index in [4.69, 9.17) is 4.74 Å². The predicted octanol–water partition coefficient (Wildman–Crippen LogP) is 0.533. The van der Waals surface area contributed by atoms with Gasteiger partial charge >= 0.3 is 0 Å². The lowest BCUT2D eigenvalue weighted by Crippen LogP contribution is -2.60. The molecule has 7 nitrogen and oxygen atoms in total. The van der Waals surface area contributed by atoms with Gasteiger partial charge in [-0.2, -0.15) is 0 Å². The van der Waals surface area contributed by atoms with Crippen LogP contribution in [0.3, 0.4) is 0 Å². The van der Waals surface area contributed by atoms with E-state index >= 15 is 0 Å². The molecule has 0 aromatic carbocycles. The molecule has 1 saturated carbocycles. The number of ether oxygens (including phenoxy) is 1. The van der Waals surface area contributed by atoms with Crippen molar-refractivity contribution in [3.63, 3.8) is 0 Å². The van der Waals surface area contributed by atoms with Crippen LogP contribution in [0.5, 0.6) is 5.75 Å². The van der Waals surface area contributed by atoms with Crippen molar-refractivity contribution in [3.05, 3.63) is 24.5 Å². The smallest absolute Gasteiger partial charge is 0.260 e. The second kappa shape index (κ2) is 6.84. The Morgan fingerprint density at radius 2 is 2.09 bits per heavy atom. The highest BCUT2D eigenvalue weighted by Gasteiger charge is 2.40. The maximum Gasteiger partial charge on any atom is 0.260 e. The van der Waals surface area contributed by atoms with Gasteiger partial charge in [-0.15, -0.1) is 0 Å². The van der Waals surface area contributed by atoms with Gasteiger partial charge in [-0.25, -0.2) is 13.1 Å². The first-order valence-corrected chi connectivity index (χ1v) is 9.41. The van der Waals surface area contributed by atoms with Crippen molar-refractivity contribution in [3.8, 4) is 5.75 Å². The third-order valence-electron chi connectivity index (χ3n) is 4.32. The van der Waals surface area contributed by atoms with Crippen LogP contribution in [-0.2, 0) is 14.8 Å². The van der Waals surface area contributed by atoms with E-state index in [1.807, 2.05) is 0 Å². The number of nitrogens with one attached hydrogen (secondary N) is 1. The Balaban J connectivity index is 1.43. The first-order chi connectivity index (χ1) is 11.0. The molecule has 1 amide bonds. The van der Waals surface area contributed by atoms with Crippen molar-refractivity contribution < 1.29 is 17.9 Å². The molecule has 0 radical (unpaired) electrons. The van der Waals surface area contributed by atoms with Gasteiger partial charge in [-0.3, -0.25) is 9.78 Å². The Morgan fingerprint density at radius 1 is 1.35 bits per heavy atom. The molecule has 1 aliphatic carbocycles. The van der Waals surface area contributed by atoms with Crippen molar-refractivity contribution in [2.75, 3.05) is 19.7 Å². The highest BCUT2D eigenvalue weighted by atomic mass is 32.2. The van der Waals surface area contributed by atoms with Crippen molar-refractivity contribution in [1.82, 2.24) is 14.6 Å². The van der Waals surface area contributed by atoms with E-state index in [0.717, 1.165) is 25.7 Å². The van der Waals surface area contributed by atoms with Crippen LogP contribution < -0.4 is 9.46 Å². The highest BCUT2D eigenvalue weighted by Crippen LogP contribution is 2.22. The summed E-state index contributed by atoms with van der Waals surface area (Å²) >= 11 is 0. The van der Waals surface area contributed by atoms with Gasteiger partial charge in [0.1, 0.15) is 11.0 Å². The maximum absolute atomic E-state index is 12.2. The van der Waals surface area contributed by atoms with Crippen LogP contribution in [0, 0.1) is 0 Å². The van der Waals surface area contributed by atoms with Crippen LogP contribution in [0.25, 0.3) is 0 Å². The summed E-state index contributed by atoms with van der Waals surface area (Å²) in [6.07, 6.45) is 7.13. The van der Waals surface area contributed by atoms with Gasteiger partial charge in [0, 0.05) is 25.3 Å². The van der Waals surface area contributed by atoms with E-state index < -0.39 is 15.3 Å². The molecule has 8 heteroatoms. The molecule has 2 heterocycles. The van der Waals surface area contributed by atoms with Crippen LogP contribution in [-0.4, -0.2) is 55.2 Å². The lowest BCUT2D eigenvalue weighted by Gasteiger charge is -2.38. The Bertz CT molecular complexity index is 638. The Kier molecular flexibility index (Phi) is 4.82. The van der Waals surface area contributed by atoms with Crippen LogP contribution in [0.2, 0.25) is 0 Å². The lowest BCUT2D eigenvalue weighted by molar-refractivity contribution is -0.136. The van der Waals surface area contributed by atoms with Gasteiger partial charge in [-0.1, -0.05) is 12.8 Å². The van der Waals surface area contributed by atoms with Crippen LogP contribution >= 0.6 is 0 Å². The summed E-state index contributed by atoms with van der Waals surface area (Å²) in [4.78, 5) is 17.4. The van der Waals surface area contributed by atoms with Crippen molar-refractivity contribution in [2.24, 2.45) is 0 Å². The van der Waals surface area contributed by atoms with E-state index in [1.54, 1.807) is 18.3 Å². The van der Waals surface area contributed by atoms with Crippen LogP contribution in [0.15, 0.2) is 24.5 Å². The van der Waals surface area contributed by atoms with E-state index in [2.05, 4.69) is 9.71 Å². The first kappa shape index (κ1) is 16.2. The van der Waals surface area contributed by atoms with Crippen molar-refractivity contribution in [2.45, 2.75) is 37.0 Å². The first-order valence-electron chi connectivity index (χ1n) is 7.86. The second-order valence-corrected chi connectivity index (χ2v) is 8.03. The van der Waals surface area contributed by atoms with Crippen molar-refractivity contribution in [1.29, 1.82) is 0 Å². The Hall–Kier alpha value is -1.67. The standard InChI is InChI=1S/C15H21N3O4S/c19-15(11-22-13-6-3-7-16-8-13)18-9-14(10-18)23(20,21)17-12-4-1-2-5-12/h3,6-8,12,14,17H,1-2,4-5,9-11H2. The predicted molar refractivity (Wildman–Crippen MR) is 84.4 cm³/mol. The normalized spacial score (nSPS) is 19.6. The van der Waals surface area contributed by atoms with Crippen LogP contribution in [0.1, 0.15) is 25.7 Å². The summed E-state index contributed by atoms with van der Waals surface area (Å²) in [5.41, 5.74) is 0. The second-order valence-electron chi connectivity index (χ2n) is 6.04. The number of hydrogen-bond acceptors (Lipinski definition) is 5. The van der Waals surface area contributed by atoms with Gasteiger partial charge in [0.2, 0.25) is 10.0 Å². The molecule has 0 atom stereocenters.